The molecule has 0 unspecified atom stereocenters. The Kier molecular flexibility index (Phi) is 18.3. The van der Waals surface area contributed by atoms with Crippen LogP contribution in [0.25, 0.3) is 21.5 Å². The van der Waals surface area contributed by atoms with Crippen LogP contribution in [-0.4, -0.2) is 0 Å². The first-order valence-electron chi connectivity index (χ1n) is 10.8. The summed E-state index contributed by atoms with van der Waals surface area (Å²) in [5, 5.41) is 5.49. The predicted octanol–water partition coefficient (Wildman–Crippen LogP) is 9.40. The molecule has 0 atom stereocenters. The van der Waals surface area contributed by atoms with E-state index in [9.17, 15) is 0 Å². The van der Waals surface area contributed by atoms with E-state index in [4.69, 9.17) is 0 Å². The summed E-state index contributed by atoms with van der Waals surface area (Å²) in [5.74, 6) is 1.49. The summed E-state index contributed by atoms with van der Waals surface area (Å²) < 4.78 is 0. The van der Waals surface area contributed by atoms with E-state index in [-0.39, 0.29) is 50.7 Å². The van der Waals surface area contributed by atoms with Crippen LogP contribution in [0.2, 0.25) is 0 Å². The van der Waals surface area contributed by atoms with Gasteiger partial charge in [0.1, 0.15) is 0 Å². The smallest absolute Gasteiger partial charge is 0.372 e. The molecule has 0 aliphatic heterocycles. The standard InChI is InChI=1S/2C13H15.C3H6.2ClH.Hf/c2*1-10(2)7-11-8-12-5-3-4-6-13(12)9-11;1-3-2;;;/h2*3-6,8-10H,7H2,1-2H3;1-3H2;2*1H;/q2*-1;-2;;;+4. The monoisotopic (exact) mass is 636 g/mol. The average molecular weight is 636 g/mol. The second-order valence-corrected chi connectivity index (χ2v) is 8.53. The van der Waals surface area contributed by atoms with Crippen molar-refractivity contribution in [3.05, 3.63) is 97.8 Å². The minimum atomic E-state index is 0. The minimum Gasteiger partial charge on any atom is -0.372 e. The topological polar surface area (TPSA) is 0 Å². The van der Waals surface area contributed by atoms with E-state index in [0.29, 0.717) is 0 Å². The number of fused-ring (bicyclic) bond motifs is 2. The minimum absolute atomic E-state index is 0. The maximum atomic E-state index is 3.38. The van der Waals surface area contributed by atoms with Gasteiger partial charge in [0.25, 0.3) is 0 Å². The number of hydrogen-bond acceptors (Lipinski definition) is 0. The van der Waals surface area contributed by atoms with Gasteiger partial charge in [0, 0.05) is 0 Å². The Labute approximate surface area is 227 Å². The van der Waals surface area contributed by atoms with Crippen molar-refractivity contribution in [3.8, 4) is 0 Å². The molecular weight excluding hydrogens is 598 g/mol. The van der Waals surface area contributed by atoms with E-state index in [1.54, 1.807) is 0 Å². The molecule has 3 heteroatoms. The Morgan fingerprint density at radius 2 is 0.969 bits per heavy atom. The Hall–Kier alpha value is -0.890. The predicted molar refractivity (Wildman–Crippen MR) is 146 cm³/mol. The molecule has 0 fully saturated rings. The Morgan fingerprint density at radius 3 is 1.25 bits per heavy atom. The molecule has 4 aromatic carbocycles. The van der Waals surface area contributed by atoms with Crippen LogP contribution in [0.15, 0.2) is 72.8 Å². The van der Waals surface area contributed by atoms with Crippen molar-refractivity contribution < 1.29 is 25.8 Å². The first kappa shape index (κ1) is 33.3. The third kappa shape index (κ3) is 11.3. The summed E-state index contributed by atoms with van der Waals surface area (Å²) in [5.41, 5.74) is 2.94. The van der Waals surface area contributed by atoms with Crippen LogP contribution in [-0.2, 0) is 38.7 Å². The van der Waals surface area contributed by atoms with Gasteiger partial charge in [-0.05, 0) is 24.7 Å². The molecule has 4 aromatic rings. The second kappa shape index (κ2) is 17.6. The van der Waals surface area contributed by atoms with Crippen LogP contribution in [0.1, 0.15) is 45.2 Å². The third-order valence-electron chi connectivity index (χ3n) is 4.64. The maximum Gasteiger partial charge on any atom is 4.00 e. The zero-order valence-corrected chi connectivity index (χ0v) is 25.2. The van der Waals surface area contributed by atoms with Crippen LogP contribution in [0.4, 0.5) is 0 Å². The van der Waals surface area contributed by atoms with Gasteiger partial charge in [-0.15, -0.1) is 106 Å². The average Bonchev–Trinajstić information content (AvgIpc) is 3.24. The molecule has 0 saturated carbocycles. The van der Waals surface area contributed by atoms with E-state index < -0.39 is 0 Å². The summed E-state index contributed by atoms with van der Waals surface area (Å²) in [4.78, 5) is 0. The van der Waals surface area contributed by atoms with Gasteiger partial charge < -0.3 is 20.3 Å². The Bertz CT molecular complexity index is 833. The molecule has 0 nitrogen and oxygen atoms in total. The third-order valence-corrected chi connectivity index (χ3v) is 4.64. The van der Waals surface area contributed by atoms with Crippen molar-refractivity contribution in [2.24, 2.45) is 11.8 Å². The van der Waals surface area contributed by atoms with Gasteiger partial charge in [-0.25, -0.2) is 0 Å². The number of hydrogen-bond donors (Lipinski definition) is 0. The van der Waals surface area contributed by atoms with Crippen molar-refractivity contribution in [1.82, 2.24) is 0 Å². The van der Waals surface area contributed by atoms with Crippen molar-refractivity contribution in [3.63, 3.8) is 0 Å². The molecule has 0 heterocycles. The van der Waals surface area contributed by atoms with Gasteiger partial charge in [-0.1, -0.05) is 39.8 Å². The largest absolute Gasteiger partial charge is 4.00 e. The molecule has 0 aliphatic rings. The van der Waals surface area contributed by atoms with E-state index >= 15 is 0 Å². The Morgan fingerprint density at radius 1 is 0.656 bits per heavy atom. The van der Waals surface area contributed by atoms with Crippen molar-refractivity contribution in [2.75, 3.05) is 0 Å². The number of rotatable bonds is 4. The van der Waals surface area contributed by atoms with E-state index in [1.807, 2.05) is 0 Å². The molecule has 32 heavy (non-hydrogen) atoms. The van der Waals surface area contributed by atoms with Gasteiger partial charge in [0.15, 0.2) is 0 Å². The first-order chi connectivity index (χ1) is 13.9. The second-order valence-electron chi connectivity index (χ2n) is 8.53. The van der Waals surface area contributed by atoms with E-state index in [0.717, 1.165) is 18.3 Å². The van der Waals surface area contributed by atoms with Gasteiger partial charge in [-0.3, -0.25) is 0 Å². The van der Waals surface area contributed by atoms with Crippen molar-refractivity contribution in [2.45, 2.75) is 47.0 Å². The zero-order valence-electron chi connectivity index (χ0n) is 19.9. The van der Waals surface area contributed by atoms with Crippen molar-refractivity contribution >= 4 is 46.4 Å². The molecular formula is C29H38Cl2Hf. The fraction of sp³-hybridized carbons (Fsp3) is 0.310. The summed E-state index contributed by atoms with van der Waals surface area (Å²) in [7, 11) is 0. The fourth-order valence-electron chi connectivity index (χ4n) is 3.61. The quantitative estimate of drug-likeness (QED) is 0.155. The van der Waals surface area contributed by atoms with Crippen LogP contribution < -0.4 is 0 Å². The summed E-state index contributed by atoms with van der Waals surface area (Å²) in [6, 6.07) is 26.3. The van der Waals surface area contributed by atoms with Crippen LogP contribution >= 0.6 is 24.8 Å². The number of benzene rings is 2. The van der Waals surface area contributed by atoms with E-state index in [2.05, 4.69) is 114 Å². The van der Waals surface area contributed by atoms with Crippen LogP contribution in [0, 0.1) is 25.7 Å². The SMILES string of the molecule is CC(C)Cc1cc2ccccc2[cH-]1.CC(C)Cc1cc2ccccc2[cH-]1.Cl.Cl.[CH2-]C[CH2-].[Hf+4]. The van der Waals surface area contributed by atoms with E-state index in [1.165, 1.54) is 45.5 Å². The molecule has 0 spiro atoms. The van der Waals surface area contributed by atoms with Crippen LogP contribution in [0.5, 0.6) is 0 Å². The molecule has 0 saturated heterocycles. The molecule has 0 amide bonds. The summed E-state index contributed by atoms with van der Waals surface area (Å²) in [6.45, 7) is 15.8. The zero-order chi connectivity index (χ0) is 21.2. The normalized spacial score (nSPS) is 9.75. The molecule has 0 radical (unpaired) electrons. The van der Waals surface area contributed by atoms with Crippen molar-refractivity contribution in [1.29, 1.82) is 0 Å². The van der Waals surface area contributed by atoms with Gasteiger partial charge in [-0.2, -0.15) is 12.1 Å². The van der Waals surface area contributed by atoms with Gasteiger partial charge in [0.2, 0.25) is 0 Å². The number of halogens is 2. The van der Waals surface area contributed by atoms with Gasteiger partial charge in [0.05, 0.1) is 0 Å². The molecule has 0 N–H and O–H groups in total. The fourth-order valence-corrected chi connectivity index (χ4v) is 3.61. The van der Waals surface area contributed by atoms with Crippen LogP contribution in [0.3, 0.4) is 0 Å². The Balaban J connectivity index is 0. The molecule has 0 aliphatic carbocycles. The molecule has 4 rings (SSSR count). The molecule has 172 valence electrons. The molecule has 0 aromatic heterocycles. The van der Waals surface area contributed by atoms with Gasteiger partial charge >= 0.3 is 25.8 Å². The maximum absolute atomic E-state index is 3.38. The summed E-state index contributed by atoms with van der Waals surface area (Å²) in [6.07, 6.45) is 3.13. The summed E-state index contributed by atoms with van der Waals surface area (Å²) >= 11 is 0. The first-order valence-corrected chi connectivity index (χ1v) is 10.8. The molecule has 0 bridgehead atoms.